The number of phenolic OH excluding ortho intramolecular Hbond substituents is 1. The number of rotatable bonds is 3. The van der Waals surface area contributed by atoms with Crippen molar-refractivity contribution >= 4 is 40.7 Å². The van der Waals surface area contributed by atoms with E-state index in [4.69, 9.17) is 4.74 Å². The van der Waals surface area contributed by atoms with E-state index in [0.29, 0.717) is 17.7 Å². The van der Waals surface area contributed by atoms with Crippen LogP contribution in [-0.2, 0) is 4.74 Å². The highest BCUT2D eigenvalue weighted by Crippen LogP contribution is 2.39. The standard InChI is InChI=1S/C16H23BrN2O2.2ClH/c17-13-1-2-14(15(20)11-13)16(12-3-9-21-10-4-12)19-7-5-18-6-8-19;;/h1-2,11-12,16,18,20H,3-10H2;2*1H/t16-;;/m0../s1. The monoisotopic (exact) mass is 426 g/mol. The summed E-state index contributed by atoms with van der Waals surface area (Å²) in [5.74, 6) is 0.961. The summed E-state index contributed by atoms with van der Waals surface area (Å²) >= 11 is 3.43. The predicted octanol–water partition coefficient (Wildman–Crippen LogP) is 3.37. The molecule has 2 fully saturated rings. The van der Waals surface area contributed by atoms with Gasteiger partial charge in [-0.05, 0) is 30.9 Å². The smallest absolute Gasteiger partial charge is 0.121 e. The Bertz CT molecular complexity index is 463. The molecule has 1 atom stereocenters. The van der Waals surface area contributed by atoms with Gasteiger partial charge in [-0.1, -0.05) is 22.0 Å². The number of nitrogens with one attached hydrogen (secondary N) is 1. The summed E-state index contributed by atoms with van der Waals surface area (Å²) in [5, 5.41) is 13.8. The number of piperazine rings is 1. The van der Waals surface area contributed by atoms with Gasteiger partial charge < -0.3 is 15.2 Å². The van der Waals surface area contributed by atoms with E-state index in [2.05, 4.69) is 32.2 Å². The molecule has 0 aliphatic carbocycles. The van der Waals surface area contributed by atoms with Crippen molar-refractivity contribution in [2.24, 2.45) is 5.92 Å². The molecule has 7 heteroatoms. The molecular weight excluding hydrogens is 403 g/mol. The van der Waals surface area contributed by atoms with E-state index in [1.165, 1.54) is 0 Å². The van der Waals surface area contributed by atoms with Crippen molar-refractivity contribution in [3.05, 3.63) is 28.2 Å². The van der Waals surface area contributed by atoms with Gasteiger partial charge in [0.1, 0.15) is 5.75 Å². The molecule has 1 aromatic carbocycles. The van der Waals surface area contributed by atoms with Crippen LogP contribution in [0.15, 0.2) is 22.7 Å². The first-order valence-corrected chi connectivity index (χ1v) is 8.56. The molecule has 0 saturated carbocycles. The molecular formula is C16H25BrCl2N2O2. The first-order valence-electron chi connectivity index (χ1n) is 7.76. The van der Waals surface area contributed by atoms with Crippen molar-refractivity contribution in [2.75, 3.05) is 39.4 Å². The molecule has 0 bridgehead atoms. The lowest BCUT2D eigenvalue weighted by molar-refractivity contribution is 0.0206. The van der Waals surface area contributed by atoms with Gasteiger partial charge in [0.05, 0.1) is 0 Å². The third-order valence-electron chi connectivity index (χ3n) is 4.57. The van der Waals surface area contributed by atoms with Gasteiger partial charge in [0.15, 0.2) is 0 Å². The normalized spacial score (nSPS) is 21.1. The molecule has 2 heterocycles. The lowest BCUT2D eigenvalue weighted by Crippen LogP contribution is -2.47. The number of phenols is 1. The summed E-state index contributed by atoms with van der Waals surface area (Å²) < 4.78 is 6.45. The zero-order valence-corrected chi connectivity index (χ0v) is 16.3. The fourth-order valence-electron chi connectivity index (χ4n) is 3.51. The van der Waals surface area contributed by atoms with Gasteiger partial charge in [0.25, 0.3) is 0 Å². The van der Waals surface area contributed by atoms with Crippen molar-refractivity contribution in [2.45, 2.75) is 18.9 Å². The highest BCUT2D eigenvalue weighted by molar-refractivity contribution is 9.10. The molecule has 4 nitrogen and oxygen atoms in total. The second-order valence-electron chi connectivity index (χ2n) is 5.88. The Morgan fingerprint density at radius 2 is 1.83 bits per heavy atom. The lowest BCUT2D eigenvalue weighted by Gasteiger charge is -2.41. The van der Waals surface area contributed by atoms with E-state index in [1.807, 2.05) is 12.1 Å². The molecule has 1 aromatic rings. The third kappa shape index (κ3) is 5.21. The Kier molecular flexibility index (Phi) is 9.19. The molecule has 0 radical (unpaired) electrons. The maximum absolute atomic E-state index is 10.4. The summed E-state index contributed by atoms with van der Waals surface area (Å²) in [7, 11) is 0. The van der Waals surface area contributed by atoms with Gasteiger partial charge in [0, 0.05) is 55.5 Å². The van der Waals surface area contributed by atoms with E-state index in [9.17, 15) is 5.11 Å². The number of hydrogen-bond donors (Lipinski definition) is 2. The average molecular weight is 428 g/mol. The van der Waals surface area contributed by atoms with Crippen LogP contribution < -0.4 is 5.32 Å². The average Bonchev–Trinajstić information content (AvgIpc) is 2.52. The number of benzene rings is 1. The molecule has 2 aliphatic rings. The van der Waals surface area contributed by atoms with E-state index in [-0.39, 0.29) is 24.8 Å². The Morgan fingerprint density at radius 1 is 1.17 bits per heavy atom. The Morgan fingerprint density at radius 3 is 2.43 bits per heavy atom. The fourth-order valence-corrected chi connectivity index (χ4v) is 3.86. The highest BCUT2D eigenvalue weighted by atomic mass is 79.9. The minimum absolute atomic E-state index is 0. The summed E-state index contributed by atoms with van der Waals surface area (Å²) in [6, 6.07) is 6.21. The largest absolute Gasteiger partial charge is 0.508 e. The molecule has 0 unspecified atom stereocenters. The van der Waals surface area contributed by atoms with Crippen LogP contribution in [0.3, 0.4) is 0 Å². The van der Waals surface area contributed by atoms with Crippen LogP contribution in [0.25, 0.3) is 0 Å². The maximum atomic E-state index is 10.4. The van der Waals surface area contributed by atoms with Crippen LogP contribution in [0.1, 0.15) is 24.4 Å². The van der Waals surface area contributed by atoms with E-state index < -0.39 is 0 Å². The van der Waals surface area contributed by atoms with Crippen molar-refractivity contribution < 1.29 is 9.84 Å². The first kappa shape index (κ1) is 21.0. The maximum Gasteiger partial charge on any atom is 0.121 e. The molecule has 132 valence electrons. The van der Waals surface area contributed by atoms with Gasteiger partial charge in [-0.25, -0.2) is 0 Å². The number of aromatic hydroxyl groups is 1. The van der Waals surface area contributed by atoms with E-state index in [1.54, 1.807) is 0 Å². The molecule has 3 rings (SSSR count). The lowest BCUT2D eigenvalue weighted by atomic mass is 9.85. The molecule has 0 amide bonds. The zero-order valence-electron chi connectivity index (χ0n) is 13.0. The van der Waals surface area contributed by atoms with Crippen molar-refractivity contribution in [3.63, 3.8) is 0 Å². The topological polar surface area (TPSA) is 44.7 Å². The minimum Gasteiger partial charge on any atom is -0.508 e. The third-order valence-corrected chi connectivity index (χ3v) is 5.06. The summed E-state index contributed by atoms with van der Waals surface area (Å²) in [4.78, 5) is 2.52. The number of halogens is 3. The number of nitrogens with zero attached hydrogens (tertiary/aromatic N) is 1. The molecule has 2 aliphatic heterocycles. The van der Waals surface area contributed by atoms with E-state index >= 15 is 0 Å². The second kappa shape index (κ2) is 10.1. The van der Waals surface area contributed by atoms with Crippen molar-refractivity contribution in [1.29, 1.82) is 0 Å². The molecule has 0 aromatic heterocycles. The summed E-state index contributed by atoms with van der Waals surface area (Å²) in [6.45, 7) is 5.80. The Labute approximate surface area is 158 Å². The van der Waals surface area contributed by atoms with Gasteiger partial charge in [-0.15, -0.1) is 24.8 Å². The molecule has 2 saturated heterocycles. The first-order chi connectivity index (χ1) is 10.3. The fraction of sp³-hybridized carbons (Fsp3) is 0.625. The van der Waals surface area contributed by atoms with Gasteiger partial charge in [0.2, 0.25) is 0 Å². The quantitative estimate of drug-likeness (QED) is 0.776. The van der Waals surface area contributed by atoms with Crippen LogP contribution in [0.2, 0.25) is 0 Å². The van der Waals surface area contributed by atoms with Gasteiger partial charge >= 0.3 is 0 Å². The van der Waals surface area contributed by atoms with Crippen molar-refractivity contribution in [1.82, 2.24) is 10.2 Å². The second-order valence-corrected chi connectivity index (χ2v) is 6.80. The van der Waals surface area contributed by atoms with Crippen LogP contribution in [0.4, 0.5) is 0 Å². The highest BCUT2D eigenvalue weighted by Gasteiger charge is 2.32. The Hall–Kier alpha value is -0.0400. The minimum atomic E-state index is 0. The van der Waals surface area contributed by atoms with Crippen LogP contribution in [0, 0.1) is 5.92 Å². The number of hydrogen-bond acceptors (Lipinski definition) is 4. The van der Waals surface area contributed by atoms with E-state index in [0.717, 1.165) is 62.3 Å². The van der Waals surface area contributed by atoms with Gasteiger partial charge in [-0.3, -0.25) is 4.90 Å². The Balaban J connectivity index is 0.00000132. The molecule has 23 heavy (non-hydrogen) atoms. The SMILES string of the molecule is Cl.Cl.Oc1cc(Br)ccc1[C@H](C1CCOCC1)N1CCNCC1. The van der Waals surface area contributed by atoms with Crippen LogP contribution in [0.5, 0.6) is 5.75 Å². The molecule has 0 spiro atoms. The van der Waals surface area contributed by atoms with Crippen molar-refractivity contribution in [3.8, 4) is 5.75 Å². The molecule has 2 N–H and O–H groups in total. The summed E-state index contributed by atoms with van der Waals surface area (Å²) in [5.41, 5.74) is 1.06. The van der Waals surface area contributed by atoms with Crippen LogP contribution in [-0.4, -0.2) is 49.4 Å². The van der Waals surface area contributed by atoms with Crippen LogP contribution >= 0.6 is 40.7 Å². The number of ether oxygens (including phenoxy) is 1. The zero-order chi connectivity index (χ0) is 14.7. The predicted molar refractivity (Wildman–Crippen MR) is 101 cm³/mol. The van der Waals surface area contributed by atoms with Gasteiger partial charge in [-0.2, -0.15) is 0 Å². The summed E-state index contributed by atoms with van der Waals surface area (Å²) in [6.07, 6.45) is 2.15.